The molecule has 154 valence electrons. The third-order valence-electron chi connectivity index (χ3n) is 4.05. The number of halogens is 1. The molecular weight excluding hydrogens is 505 g/mol. The zero-order chi connectivity index (χ0) is 19.9. The van der Waals surface area contributed by atoms with Gasteiger partial charge < -0.3 is 10.2 Å². The van der Waals surface area contributed by atoms with Crippen molar-refractivity contribution in [2.75, 3.05) is 26.6 Å². The number of nitrogens with one attached hydrogen (secondary N) is 1. The largest absolute Gasteiger partial charge is 0.352 e. The lowest BCUT2D eigenvalue weighted by atomic mass is 10.1. The lowest BCUT2D eigenvalue weighted by Gasteiger charge is -2.22. The van der Waals surface area contributed by atoms with Gasteiger partial charge in [0.05, 0.1) is 5.75 Å². The van der Waals surface area contributed by atoms with E-state index in [2.05, 4.69) is 45.7 Å². The first-order valence-electron chi connectivity index (χ1n) is 8.61. The van der Waals surface area contributed by atoms with Crippen LogP contribution in [0.2, 0.25) is 0 Å². The minimum atomic E-state index is -3.01. The van der Waals surface area contributed by atoms with E-state index in [-0.39, 0.29) is 29.7 Å². The Balaban J connectivity index is 0.00000392. The summed E-state index contributed by atoms with van der Waals surface area (Å²) in [5.74, 6) is 0.879. The van der Waals surface area contributed by atoms with Crippen LogP contribution in [0.3, 0.4) is 0 Å². The number of hydrogen-bond donors (Lipinski definition) is 1. The summed E-state index contributed by atoms with van der Waals surface area (Å²) >= 11 is 1.73. The number of sulfone groups is 1. The predicted octanol–water partition coefficient (Wildman–Crippen LogP) is 3.78. The van der Waals surface area contributed by atoms with E-state index < -0.39 is 9.84 Å². The molecule has 0 fully saturated rings. The number of benzene rings is 2. The van der Waals surface area contributed by atoms with Crippen LogP contribution in [0.5, 0.6) is 0 Å². The lowest BCUT2D eigenvalue weighted by Crippen LogP contribution is -2.38. The van der Waals surface area contributed by atoms with Gasteiger partial charge in [-0.1, -0.05) is 36.4 Å². The molecule has 2 aromatic carbocycles. The van der Waals surface area contributed by atoms with Crippen molar-refractivity contribution in [3.8, 4) is 0 Å². The SMILES string of the molecule is CN=C(NCc1ccc(CS(C)(=O)=O)cc1)N(C)Cc1ccc(SC)cc1.I. The Morgan fingerprint density at radius 3 is 2.07 bits per heavy atom. The van der Waals surface area contributed by atoms with E-state index in [4.69, 9.17) is 0 Å². The molecule has 0 aliphatic heterocycles. The lowest BCUT2D eigenvalue weighted by molar-refractivity contribution is 0.476. The Bertz CT molecular complexity index is 867. The fourth-order valence-corrected chi connectivity index (χ4v) is 3.91. The molecule has 0 amide bonds. The molecule has 0 bridgehead atoms. The Kier molecular flexibility index (Phi) is 10.3. The summed E-state index contributed by atoms with van der Waals surface area (Å²) in [5, 5.41) is 3.35. The van der Waals surface area contributed by atoms with Gasteiger partial charge in [0.25, 0.3) is 0 Å². The van der Waals surface area contributed by atoms with Crippen molar-refractivity contribution < 1.29 is 8.42 Å². The standard InChI is InChI=1S/C20H27N3O2S2.HI/c1-21-20(23(2)14-17-9-11-19(26-3)12-10-17)22-13-16-5-7-18(8-6-16)15-27(4,24)25;/h5-12H,13-15H2,1-4H3,(H,21,22);1H. The van der Waals surface area contributed by atoms with E-state index in [1.54, 1.807) is 18.8 Å². The highest BCUT2D eigenvalue weighted by molar-refractivity contribution is 14.0. The van der Waals surface area contributed by atoms with Crippen LogP contribution < -0.4 is 5.32 Å². The van der Waals surface area contributed by atoms with Gasteiger partial charge in [-0.15, -0.1) is 35.7 Å². The molecule has 0 aliphatic rings. The fourth-order valence-electron chi connectivity index (χ4n) is 2.70. The number of aliphatic imine (C=N–C) groups is 1. The van der Waals surface area contributed by atoms with E-state index in [0.29, 0.717) is 6.54 Å². The zero-order valence-electron chi connectivity index (χ0n) is 16.7. The van der Waals surface area contributed by atoms with E-state index >= 15 is 0 Å². The van der Waals surface area contributed by atoms with Gasteiger partial charge in [-0.05, 0) is 35.1 Å². The summed E-state index contributed by atoms with van der Waals surface area (Å²) in [5.41, 5.74) is 3.10. The molecule has 5 nitrogen and oxygen atoms in total. The molecule has 0 heterocycles. The highest BCUT2D eigenvalue weighted by atomic mass is 127. The van der Waals surface area contributed by atoms with Crippen LogP contribution in [0, 0.1) is 0 Å². The molecule has 0 spiro atoms. The van der Waals surface area contributed by atoms with Gasteiger partial charge in [0.1, 0.15) is 0 Å². The number of nitrogens with zero attached hydrogens (tertiary/aromatic N) is 2. The van der Waals surface area contributed by atoms with Crippen LogP contribution in [0.4, 0.5) is 0 Å². The highest BCUT2D eigenvalue weighted by Crippen LogP contribution is 2.15. The van der Waals surface area contributed by atoms with E-state index in [1.165, 1.54) is 16.7 Å². The minimum absolute atomic E-state index is 0. The van der Waals surface area contributed by atoms with Crippen LogP contribution in [-0.2, 0) is 28.7 Å². The van der Waals surface area contributed by atoms with E-state index in [9.17, 15) is 8.42 Å². The summed E-state index contributed by atoms with van der Waals surface area (Å²) in [6.07, 6.45) is 3.32. The van der Waals surface area contributed by atoms with Gasteiger partial charge in [0.2, 0.25) is 0 Å². The average molecular weight is 534 g/mol. The van der Waals surface area contributed by atoms with Crippen molar-refractivity contribution in [1.82, 2.24) is 10.2 Å². The molecule has 28 heavy (non-hydrogen) atoms. The molecule has 0 saturated heterocycles. The second-order valence-corrected chi connectivity index (χ2v) is 9.51. The Labute approximate surface area is 190 Å². The Morgan fingerprint density at radius 1 is 1.04 bits per heavy atom. The van der Waals surface area contributed by atoms with Gasteiger partial charge in [0.15, 0.2) is 15.8 Å². The molecule has 2 rings (SSSR count). The maximum atomic E-state index is 11.4. The number of thioether (sulfide) groups is 1. The van der Waals surface area contributed by atoms with E-state index in [1.807, 2.05) is 31.3 Å². The fraction of sp³-hybridized carbons (Fsp3) is 0.350. The van der Waals surface area contributed by atoms with E-state index in [0.717, 1.165) is 23.6 Å². The molecule has 2 aromatic rings. The first-order chi connectivity index (χ1) is 12.8. The summed E-state index contributed by atoms with van der Waals surface area (Å²) in [7, 11) is 0.768. The van der Waals surface area contributed by atoms with Crippen LogP contribution in [-0.4, -0.2) is 45.9 Å². The zero-order valence-corrected chi connectivity index (χ0v) is 20.6. The van der Waals surface area contributed by atoms with Crippen LogP contribution in [0.15, 0.2) is 58.4 Å². The first kappa shape index (κ1) is 24.8. The molecule has 0 unspecified atom stereocenters. The Morgan fingerprint density at radius 2 is 1.57 bits per heavy atom. The normalized spacial score (nSPS) is 11.6. The summed E-state index contributed by atoms with van der Waals surface area (Å²) in [6.45, 7) is 1.39. The molecule has 8 heteroatoms. The average Bonchev–Trinajstić information content (AvgIpc) is 2.63. The van der Waals surface area contributed by atoms with Gasteiger partial charge >= 0.3 is 0 Å². The van der Waals surface area contributed by atoms with Crippen molar-refractivity contribution in [3.63, 3.8) is 0 Å². The molecule has 0 aromatic heterocycles. The molecule has 0 atom stereocenters. The summed E-state index contributed by atoms with van der Waals surface area (Å²) in [6, 6.07) is 16.1. The second kappa shape index (κ2) is 11.7. The quantitative estimate of drug-likeness (QED) is 0.254. The van der Waals surface area contributed by atoms with Gasteiger partial charge in [0, 0.05) is 38.3 Å². The number of rotatable bonds is 7. The third kappa shape index (κ3) is 8.40. The monoisotopic (exact) mass is 533 g/mol. The van der Waals surface area contributed by atoms with Gasteiger partial charge in [-0.3, -0.25) is 4.99 Å². The van der Waals surface area contributed by atoms with Crippen LogP contribution in [0.25, 0.3) is 0 Å². The second-order valence-electron chi connectivity index (χ2n) is 6.49. The molecule has 1 N–H and O–H groups in total. The summed E-state index contributed by atoms with van der Waals surface area (Å²) in [4.78, 5) is 7.68. The number of hydrogen-bond acceptors (Lipinski definition) is 4. The van der Waals surface area contributed by atoms with Crippen LogP contribution in [0.1, 0.15) is 16.7 Å². The van der Waals surface area contributed by atoms with Gasteiger partial charge in [-0.25, -0.2) is 8.42 Å². The van der Waals surface area contributed by atoms with Crippen molar-refractivity contribution in [3.05, 3.63) is 65.2 Å². The predicted molar refractivity (Wildman–Crippen MR) is 130 cm³/mol. The maximum absolute atomic E-state index is 11.4. The van der Waals surface area contributed by atoms with Crippen LogP contribution >= 0.6 is 35.7 Å². The van der Waals surface area contributed by atoms with Crippen molar-refractivity contribution in [2.24, 2.45) is 4.99 Å². The Hall–Kier alpha value is -1.26. The third-order valence-corrected chi connectivity index (χ3v) is 5.66. The molecule has 0 radical (unpaired) electrons. The van der Waals surface area contributed by atoms with Crippen molar-refractivity contribution >= 4 is 51.5 Å². The first-order valence-corrected chi connectivity index (χ1v) is 11.9. The summed E-state index contributed by atoms with van der Waals surface area (Å²) < 4.78 is 22.7. The molecular formula is C20H28IN3O2S2. The maximum Gasteiger partial charge on any atom is 0.193 e. The highest BCUT2D eigenvalue weighted by Gasteiger charge is 2.08. The number of guanidine groups is 1. The minimum Gasteiger partial charge on any atom is -0.352 e. The molecule has 0 saturated carbocycles. The smallest absolute Gasteiger partial charge is 0.193 e. The molecule has 0 aliphatic carbocycles. The topological polar surface area (TPSA) is 61.8 Å². The van der Waals surface area contributed by atoms with Gasteiger partial charge in [-0.2, -0.15) is 0 Å². The van der Waals surface area contributed by atoms with Crippen molar-refractivity contribution in [1.29, 1.82) is 0 Å². The van der Waals surface area contributed by atoms with Crippen molar-refractivity contribution in [2.45, 2.75) is 23.7 Å².